The maximum absolute atomic E-state index is 12.3. The van der Waals surface area contributed by atoms with Crippen LogP contribution < -0.4 is 4.52 Å². The molecule has 0 bridgehead atoms. The fourth-order valence-corrected chi connectivity index (χ4v) is 2.35. The summed E-state index contributed by atoms with van der Waals surface area (Å²) in [5.74, 6) is 0.120. The number of nitro groups is 1. The SMILES string of the molecule is CCOP(=O)(O/N=C(\C)SC)Oc1ccc([N+](=O)[O-])cc1. The number of phosphoric ester groups is 1. The molecule has 1 aromatic carbocycles. The van der Waals surface area contributed by atoms with E-state index in [9.17, 15) is 14.7 Å². The average molecular weight is 334 g/mol. The van der Waals surface area contributed by atoms with Gasteiger partial charge in [-0.25, -0.2) is 4.57 Å². The fraction of sp³-hybridized carbons (Fsp3) is 0.364. The molecular weight excluding hydrogens is 319 g/mol. The molecule has 0 aromatic heterocycles. The molecule has 1 atom stereocenters. The number of hydrogen-bond acceptors (Lipinski definition) is 8. The molecule has 0 aliphatic heterocycles. The predicted molar refractivity (Wildman–Crippen MR) is 80.7 cm³/mol. The van der Waals surface area contributed by atoms with Crippen molar-refractivity contribution in [3.05, 3.63) is 34.4 Å². The van der Waals surface area contributed by atoms with Crippen LogP contribution in [-0.4, -0.2) is 22.8 Å². The van der Waals surface area contributed by atoms with Crippen LogP contribution in [0.3, 0.4) is 0 Å². The Balaban J connectivity index is 2.86. The van der Waals surface area contributed by atoms with Crippen molar-refractivity contribution in [2.75, 3.05) is 12.9 Å². The van der Waals surface area contributed by atoms with Crippen LogP contribution in [0.2, 0.25) is 0 Å². The average Bonchev–Trinajstić information content (AvgIpc) is 2.45. The molecule has 0 aliphatic carbocycles. The number of nitrogens with zero attached hydrogens (tertiary/aromatic N) is 2. The van der Waals surface area contributed by atoms with Crippen LogP contribution in [0.4, 0.5) is 5.69 Å². The van der Waals surface area contributed by atoms with E-state index in [1.165, 1.54) is 36.0 Å². The summed E-state index contributed by atoms with van der Waals surface area (Å²) < 4.78 is 27.3. The van der Waals surface area contributed by atoms with Gasteiger partial charge in [0.05, 0.1) is 11.5 Å². The van der Waals surface area contributed by atoms with Gasteiger partial charge >= 0.3 is 7.82 Å². The van der Waals surface area contributed by atoms with E-state index in [1.54, 1.807) is 20.1 Å². The van der Waals surface area contributed by atoms with Gasteiger partial charge in [0.1, 0.15) is 10.8 Å². The van der Waals surface area contributed by atoms with Crippen LogP contribution in [0, 0.1) is 10.1 Å². The molecule has 21 heavy (non-hydrogen) atoms. The molecule has 0 fully saturated rings. The Labute approximate surface area is 126 Å². The first-order valence-electron chi connectivity index (χ1n) is 5.86. The monoisotopic (exact) mass is 334 g/mol. The maximum Gasteiger partial charge on any atom is 0.608 e. The standard InChI is InChI=1S/C11H15N2O6PS/c1-4-17-20(16,19-12-9(2)21-3)18-11-7-5-10(6-8-11)13(14)15/h5-8H,4H2,1-3H3/b12-9+. The Bertz CT molecular complexity index is 562. The van der Waals surface area contributed by atoms with Crippen LogP contribution in [0.15, 0.2) is 29.4 Å². The molecular formula is C11H15N2O6PS. The highest BCUT2D eigenvalue weighted by atomic mass is 32.2. The van der Waals surface area contributed by atoms with Crippen molar-refractivity contribution in [2.24, 2.45) is 5.16 Å². The topological polar surface area (TPSA) is 100 Å². The zero-order valence-corrected chi connectivity index (χ0v) is 13.4. The minimum absolute atomic E-state index is 0.0953. The summed E-state index contributed by atoms with van der Waals surface area (Å²) in [7, 11) is -3.92. The van der Waals surface area contributed by atoms with E-state index in [0.717, 1.165) is 0 Å². The van der Waals surface area contributed by atoms with Crippen molar-refractivity contribution >= 4 is 30.3 Å². The van der Waals surface area contributed by atoms with Crippen LogP contribution in [0.5, 0.6) is 5.75 Å². The number of phosphoric acid groups is 1. The summed E-state index contributed by atoms with van der Waals surface area (Å²) in [6.07, 6.45) is 1.78. The van der Waals surface area contributed by atoms with Crippen molar-refractivity contribution in [3.8, 4) is 5.75 Å². The highest BCUT2D eigenvalue weighted by Gasteiger charge is 2.30. The van der Waals surface area contributed by atoms with Gasteiger partial charge in [0.2, 0.25) is 0 Å². The van der Waals surface area contributed by atoms with Gasteiger partial charge in [0.15, 0.2) is 0 Å². The van der Waals surface area contributed by atoms with Gasteiger partial charge in [0, 0.05) is 12.1 Å². The maximum atomic E-state index is 12.3. The van der Waals surface area contributed by atoms with Gasteiger partial charge in [-0.15, -0.1) is 11.8 Å². The Morgan fingerprint density at radius 2 is 2.05 bits per heavy atom. The lowest BCUT2D eigenvalue weighted by Gasteiger charge is -2.15. The van der Waals surface area contributed by atoms with Crippen LogP contribution >= 0.6 is 19.6 Å². The van der Waals surface area contributed by atoms with Crippen molar-refractivity contribution in [2.45, 2.75) is 13.8 Å². The summed E-state index contributed by atoms with van der Waals surface area (Å²) >= 11 is 1.31. The molecule has 1 unspecified atom stereocenters. The predicted octanol–water partition coefficient (Wildman–Crippen LogP) is 3.83. The van der Waals surface area contributed by atoms with Gasteiger partial charge in [0.25, 0.3) is 5.69 Å². The molecule has 0 saturated heterocycles. The highest BCUT2D eigenvalue weighted by molar-refractivity contribution is 8.13. The van der Waals surface area contributed by atoms with E-state index >= 15 is 0 Å². The zero-order valence-electron chi connectivity index (χ0n) is 11.7. The first-order valence-corrected chi connectivity index (χ1v) is 8.54. The first kappa shape index (κ1) is 17.5. The van der Waals surface area contributed by atoms with Gasteiger partial charge in [-0.1, -0.05) is 5.16 Å². The molecule has 116 valence electrons. The minimum Gasteiger partial charge on any atom is -0.394 e. The molecule has 8 nitrogen and oxygen atoms in total. The lowest BCUT2D eigenvalue weighted by Crippen LogP contribution is -2.01. The molecule has 0 aliphatic rings. The number of thioether (sulfide) groups is 1. The number of rotatable bonds is 7. The van der Waals surface area contributed by atoms with Crippen molar-refractivity contribution in [1.82, 2.24) is 0 Å². The minimum atomic E-state index is -3.92. The Hall–Kier alpha value is -1.57. The molecule has 0 N–H and O–H groups in total. The molecule has 0 spiro atoms. The summed E-state index contributed by atoms with van der Waals surface area (Å²) in [5.41, 5.74) is -0.106. The van der Waals surface area contributed by atoms with E-state index in [4.69, 9.17) is 13.7 Å². The van der Waals surface area contributed by atoms with Crippen LogP contribution in [0.25, 0.3) is 0 Å². The Morgan fingerprint density at radius 3 is 2.52 bits per heavy atom. The third-order valence-corrected chi connectivity index (χ3v) is 4.07. The van der Waals surface area contributed by atoms with E-state index in [-0.39, 0.29) is 18.0 Å². The molecule has 0 radical (unpaired) electrons. The number of non-ortho nitro benzene ring substituents is 1. The van der Waals surface area contributed by atoms with E-state index in [1.807, 2.05) is 0 Å². The normalized spacial score (nSPS) is 14.3. The fourth-order valence-electron chi connectivity index (χ4n) is 1.13. The molecule has 0 heterocycles. The summed E-state index contributed by atoms with van der Waals surface area (Å²) in [5, 5.41) is 14.7. The second-order valence-electron chi connectivity index (χ2n) is 3.60. The second-order valence-corrected chi connectivity index (χ2v) is 6.10. The van der Waals surface area contributed by atoms with Crippen molar-refractivity contribution < 1.29 is 23.2 Å². The van der Waals surface area contributed by atoms with Gasteiger partial charge in [-0.3, -0.25) is 19.3 Å². The van der Waals surface area contributed by atoms with E-state index in [2.05, 4.69) is 5.16 Å². The van der Waals surface area contributed by atoms with Crippen LogP contribution in [0.1, 0.15) is 13.8 Å². The molecule has 0 amide bonds. The van der Waals surface area contributed by atoms with E-state index < -0.39 is 12.7 Å². The smallest absolute Gasteiger partial charge is 0.394 e. The Kier molecular flexibility index (Phi) is 6.67. The quantitative estimate of drug-likeness (QED) is 0.245. The van der Waals surface area contributed by atoms with Crippen molar-refractivity contribution in [1.29, 1.82) is 0 Å². The summed E-state index contributed by atoms with van der Waals surface area (Å²) in [6.45, 7) is 3.39. The van der Waals surface area contributed by atoms with E-state index in [0.29, 0.717) is 5.04 Å². The molecule has 1 aromatic rings. The van der Waals surface area contributed by atoms with Crippen LogP contribution in [-0.2, 0) is 13.7 Å². The lowest BCUT2D eigenvalue weighted by molar-refractivity contribution is -0.384. The van der Waals surface area contributed by atoms with Gasteiger partial charge < -0.3 is 4.52 Å². The molecule has 1 rings (SSSR count). The van der Waals surface area contributed by atoms with Gasteiger partial charge in [-0.2, -0.15) is 0 Å². The number of oxime groups is 1. The molecule has 10 heteroatoms. The zero-order chi connectivity index (χ0) is 15.9. The number of benzene rings is 1. The largest absolute Gasteiger partial charge is 0.608 e. The third-order valence-electron chi connectivity index (χ3n) is 2.12. The van der Waals surface area contributed by atoms with Gasteiger partial charge in [-0.05, 0) is 32.2 Å². The first-order chi connectivity index (χ1) is 9.90. The molecule has 0 saturated carbocycles. The lowest BCUT2D eigenvalue weighted by atomic mass is 10.3. The number of nitro benzene ring substituents is 1. The summed E-state index contributed by atoms with van der Waals surface area (Å²) in [4.78, 5) is 10.0. The second kappa shape index (κ2) is 8.02. The Morgan fingerprint density at radius 1 is 1.43 bits per heavy atom. The third kappa shape index (κ3) is 5.74. The number of hydrogen-bond donors (Lipinski definition) is 0. The highest BCUT2D eigenvalue weighted by Crippen LogP contribution is 2.50. The summed E-state index contributed by atoms with van der Waals surface area (Å²) in [6, 6.07) is 5.06. The van der Waals surface area contributed by atoms with Crippen molar-refractivity contribution in [3.63, 3.8) is 0 Å².